The van der Waals surface area contributed by atoms with E-state index in [1.54, 1.807) is 0 Å². The number of ether oxygens (including phenoxy) is 1. The van der Waals surface area contributed by atoms with E-state index in [1.807, 2.05) is 26.0 Å². The molecule has 0 saturated heterocycles. The van der Waals surface area contributed by atoms with Gasteiger partial charge in [-0.3, -0.25) is 0 Å². The van der Waals surface area contributed by atoms with Crippen LogP contribution in [0, 0.1) is 0 Å². The van der Waals surface area contributed by atoms with Crippen molar-refractivity contribution < 1.29 is 19.1 Å². The minimum absolute atomic E-state index is 0.0446. The van der Waals surface area contributed by atoms with Crippen molar-refractivity contribution in [3.05, 3.63) is 33.5 Å². The van der Waals surface area contributed by atoms with Crippen molar-refractivity contribution in [2.45, 2.75) is 26.4 Å². The van der Waals surface area contributed by atoms with Gasteiger partial charge in [-0.15, -0.1) is 0 Å². The predicted octanol–water partition coefficient (Wildman–Crippen LogP) is 4.16. The fourth-order valence-electron chi connectivity index (χ4n) is 2.13. The third-order valence-electron chi connectivity index (χ3n) is 2.99. The zero-order valence-corrected chi connectivity index (χ0v) is 12.6. The summed E-state index contributed by atoms with van der Waals surface area (Å²) < 4.78 is 11.5. The smallest absolute Gasteiger partial charge is 0.372 e. The molecule has 0 radical (unpaired) electrons. The molecule has 4 nitrogen and oxygen atoms in total. The monoisotopic (exact) mass is 326 g/mol. The van der Waals surface area contributed by atoms with Crippen molar-refractivity contribution in [3.8, 4) is 0 Å². The molecule has 1 heterocycles. The molecule has 0 aliphatic heterocycles. The maximum Gasteiger partial charge on any atom is 0.372 e. The van der Waals surface area contributed by atoms with E-state index in [4.69, 9.17) is 9.15 Å². The van der Waals surface area contributed by atoms with Crippen LogP contribution in [-0.2, 0) is 11.3 Å². The number of carboxylic acid groups (broad SMARTS) is 1. The predicted molar refractivity (Wildman–Crippen MR) is 75.7 cm³/mol. The number of carboxylic acids is 1. The Morgan fingerprint density at radius 2 is 2.16 bits per heavy atom. The molecule has 0 aliphatic rings. The lowest BCUT2D eigenvalue weighted by atomic mass is 10.00. The van der Waals surface area contributed by atoms with E-state index in [0.29, 0.717) is 11.1 Å². The third kappa shape index (κ3) is 2.53. The summed E-state index contributed by atoms with van der Waals surface area (Å²) in [5.74, 6) is -0.880. The molecule has 0 aliphatic carbocycles. The van der Waals surface area contributed by atoms with Gasteiger partial charge in [0.05, 0.1) is 6.61 Å². The molecule has 0 amide bonds. The number of methoxy groups -OCH3 is 1. The van der Waals surface area contributed by atoms with Gasteiger partial charge >= 0.3 is 5.97 Å². The molecule has 0 unspecified atom stereocenters. The normalized spacial score (nSPS) is 11.4. The van der Waals surface area contributed by atoms with Crippen LogP contribution < -0.4 is 0 Å². The Hall–Kier alpha value is -1.33. The van der Waals surface area contributed by atoms with Crippen molar-refractivity contribution >= 4 is 32.9 Å². The first-order chi connectivity index (χ1) is 8.95. The molecule has 2 rings (SSSR count). The van der Waals surface area contributed by atoms with Gasteiger partial charge in [-0.2, -0.15) is 0 Å². The van der Waals surface area contributed by atoms with E-state index in [-0.39, 0.29) is 18.3 Å². The third-order valence-corrected chi connectivity index (χ3v) is 3.45. The summed E-state index contributed by atoms with van der Waals surface area (Å²) in [6.45, 7) is 4.29. The Morgan fingerprint density at radius 3 is 2.68 bits per heavy atom. The largest absolute Gasteiger partial charge is 0.475 e. The zero-order chi connectivity index (χ0) is 14.2. The molecule has 0 spiro atoms. The average Bonchev–Trinajstić information content (AvgIpc) is 2.68. The van der Waals surface area contributed by atoms with Crippen LogP contribution in [-0.4, -0.2) is 18.2 Å². The highest BCUT2D eigenvalue weighted by molar-refractivity contribution is 9.10. The van der Waals surface area contributed by atoms with Crippen molar-refractivity contribution in [3.63, 3.8) is 0 Å². The quantitative estimate of drug-likeness (QED) is 0.916. The van der Waals surface area contributed by atoms with Gasteiger partial charge in [0.25, 0.3) is 0 Å². The lowest BCUT2D eigenvalue weighted by Gasteiger charge is -2.07. The number of benzene rings is 1. The molecule has 0 saturated carbocycles. The summed E-state index contributed by atoms with van der Waals surface area (Å²) in [6, 6.07) is 3.82. The molecule has 0 fully saturated rings. The summed E-state index contributed by atoms with van der Waals surface area (Å²) in [5, 5.41) is 10.0. The molecule has 5 heteroatoms. The SMILES string of the molecule is COCc1c(C(=O)O)oc2c(C(C)C)cc(Br)cc12. The molecule has 1 aromatic heterocycles. The first kappa shape index (κ1) is 14.1. The van der Waals surface area contributed by atoms with E-state index >= 15 is 0 Å². The van der Waals surface area contributed by atoms with Gasteiger partial charge in [-0.1, -0.05) is 29.8 Å². The number of fused-ring (bicyclic) bond motifs is 1. The van der Waals surface area contributed by atoms with Crippen LogP contribution in [0.4, 0.5) is 0 Å². The van der Waals surface area contributed by atoms with Crippen molar-refractivity contribution in [2.24, 2.45) is 0 Å². The molecule has 19 heavy (non-hydrogen) atoms. The van der Waals surface area contributed by atoms with Gasteiger partial charge in [-0.05, 0) is 23.6 Å². The zero-order valence-electron chi connectivity index (χ0n) is 11.0. The molecule has 0 bridgehead atoms. The highest BCUT2D eigenvalue weighted by atomic mass is 79.9. The first-order valence-electron chi connectivity index (χ1n) is 5.92. The molecular weight excluding hydrogens is 312 g/mol. The lowest BCUT2D eigenvalue weighted by Crippen LogP contribution is -1.99. The minimum atomic E-state index is -1.07. The van der Waals surface area contributed by atoms with Gasteiger partial charge in [0, 0.05) is 22.5 Å². The van der Waals surface area contributed by atoms with E-state index in [2.05, 4.69) is 15.9 Å². The standard InChI is InChI=1S/C14H15BrO4/c1-7(2)9-4-8(15)5-10-11(6-18-3)13(14(16)17)19-12(9)10/h4-5,7H,6H2,1-3H3,(H,16,17). The Labute approximate surface area is 119 Å². The van der Waals surface area contributed by atoms with Crippen LogP contribution in [0.3, 0.4) is 0 Å². The van der Waals surface area contributed by atoms with Crippen LogP contribution in [0.1, 0.15) is 41.4 Å². The van der Waals surface area contributed by atoms with Crippen molar-refractivity contribution in [1.82, 2.24) is 0 Å². The Balaban J connectivity index is 2.82. The number of hydrogen-bond donors (Lipinski definition) is 1. The minimum Gasteiger partial charge on any atom is -0.475 e. The number of hydrogen-bond acceptors (Lipinski definition) is 3. The summed E-state index contributed by atoms with van der Waals surface area (Å²) in [7, 11) is 1.53. The fraction of sp³-hybridized carbons (Fsp3) is 0.357. The molecular formula is C14H15BrO4. The Kier molecular flexibility index (Phi) is 3.96. The van der Waals surface area contributed by atoms with E-state index < -0.39 is 5.97 Å². The molecule has 102 valence electrons. The molecule has 2 aromatic rings. The summed E-state index contributed by atoms with van der Waals surface area (Å²) in [5.41, 5.74) is 2.19. The van der Waals surface area contributed by atoms with Gasteiger partial charge in [0.2, 0.25) is 5.76 Å². The molecule has 1 aromatic carbocycles. The first-order valence-corrected chi connectivity index (χ1v) is 6.72. The second-order valence-corrected chi connectivity index (χ2v) is 5.59. The Morgan fingerprint density at radius 1 is 1.47 bits per heavy atom. The van der Waals surface area contributed by atoms with Crippen LogP contribution >= 0.6 is 15.9 Å². The highest BCUT2D eigenvalue weighted by Crippen LogP contribution is 2.35. The van der Waals surface area contributed by atoms with E-state index in [9.17, 15) is 9.90 Å². The van der Waals surface area contributed by atoms with Crippen LogP contribution in [0.15, 0.2) is 21.0 Å². The van der Waals surface area contributed by atoms with E-state index in [0.717, 1.165) is 15.4 Å². The average molecular weight is 327 g/mol. The van der Waals surface area contributed by atoms with Crippen LogP contribution in [0.25, 0.3) is 11.0 Å². The molecule has 1 N–H and O–H groups in total. The van der Waals surface area contributed by atoms with Crippen LogP contribution in [0.2, 0.25) is 0 Å². The van der Waals surface area contributed by atoms with Gasteiger partial charge in [-0.25, -0.2) is 4.79 Å². The number of furan rings is 1. The number of carbonyl (C=O) groups is 1. The summed E-state index contributed by atoms with van der Waals surface area (Å²) >= 11 is 3.45. The van der Waals surface area contributed by atoms with Crippen molar-refractivity contribution in [2.75, 3.05) is 7.11 Å². The molecule has 0 atom stereocenters. The fourth-order valence-corrected chi connectivity index (χ4v) is 2.60. The summed E-state index contributed by atoms with van der Waals surface area (Å²) in [6.07, 6.45) is 0. The maximum atomic E-state index is 11.3. The lowest BCUT2D eigenvalue weighted by molar-refractivity contribution is 0.0658. The van der Waals surface area contributed by atoms with Crippen LogP contribution in [0.5, 0.6) is 0 Å². The van der Waals surface area contributed by atoms with Gasteiger partial charge in [0.15, 0.2) is 0 Å². The number of aromatic carboxylic acids is 1. The number of rotatable bonds is 4. The van der Waals surface area contributed by atoms with Crippen molar-refractivity contribution in [1.29, 1.82) is 0 Å². The van der Waals surface area contributed by atoms with E-state index in [1.165, 1.54) is 7.11 Å². The number of halogens is 1. The second kappa shape index (κ2) is 5.35. The maximum absolute atomic E-state index is 11.3. The Bertz CT molecular complexity index is 628. The summed E-state index contributed by atoms with van der Waals surface area (Å²) in [4.78, 5) is 11.3. The highest BCUT2D eigenvalue weighted by Gasteiger charge is 2.22. The second-order valence-electron chi connectivity index (χ2n) is 4.67. The van der Waals surface area contributed by atoms with Gasteiger partial charge in [0.1, 0.15) is 5.58 Å². The topological polar surface area (TPSA) is 59.7 Å². The van der Waals surface area contributed by atoms with Gasteiger partial charge < -0.3 is 14.3 Å².